The third-order valence-corrected chi connectivity index (χ3v) is 5.87. The van der Waals surface area contributed by atoms with Crippen molar-refractivity contribution in [2.24, 2.45) is 5.92 Å². The van der Waals surface area contributed by atoms with Crippen molar-refractivity contribution in [3.63, 3.8) is 0 Å². The van der Waals surface area contributed by atoms with Crippen molar-refractivity contribution in [3.05, 3.63) is 61.0 Å². The number of benzene rings is 2. The van der Waals surface area contributed by atoms with Gasteiger partial charge in [-0.3, -0.25) is 14.9 Å². The molecule has 1 heterocycles. The van der Waals surface area contributed by atoms with Gasteiger partial charge in [-0.15, -0.1) is 0 Å². The number of imide groups is 2. The molecule has 162 valence electrons. The van der Waals surface area contributed by atoms with E-state index < -0.39 is 17.8 Å². The van der Waals surface area contributed by atoms with Crippen LogP contribution in [-0.4, -0.2) is 24.5 Å². The largest absolute Gasteiger partial charge is 0.492 e. The molecule has 3 rings (SSSR count). The van der Waals surface area contributed by atoms with E-state index in [0.717, 1.165) is 14.9 Å². The Labute approximate surface area is 201 Å². The average Bonchev–Trinajstić information content (AvgIpc) is 2.66. The Bertz CT molecular complexity index is 1110. The Balaban J connectivity index is 2.07. The summed E-state index contributed by atoms with van der Waals surface area (Å²) in [5.41, 5.74) is 1.38. The van der Waals surface area contributed by atoms with E-state index in [2.05, 4.69) is 37.2 Å². The number of carbonyl (C=O) groups excluding carboxylic acids is 3. The van der Waals surface area contributed by atoms with Gasteiger partial charge >= 0.3 is 6.03 Å². The van der Waals surface area contributed by atoms with Crippen LogP contribution in [0.2, 0.25) is 5.02 Å². The highest BCUT2D eigenvalue weighted by Crippen LogP contribution is 2.35. The first-order chi connectivity index (χ1) is 14.6. The number of anilines is 1. The summed E-state index contributed by atoms with van der Waals surface area (Å²) in [6.45, 7) is 6.28. The molecule has 1 N–H and O–H groups in total. The summed E-state index contributed by atoms with van der Waals surface area (Å²) in [7, 11) is 0. The van der Waals surface area contributed by atoms with Gasteiger partial charge in [-0.2, -0.15) is 0 Å². The SMILES string of the molecule is Cc1ccc(N2C(=O)NC(=O)/C(=C\c3cc(Br)cc(Br)c3OCC(C)C)C2=O)cc1Cl. The van der Waals surface area contributed by atoms with Gasteiger partial charge in [0.05, 0.1) is 16.8 Å². The normalized spacial score (nSPS) is 15.6. The maximum atomic E-state index is 13.2. The first-order valence-corrected chi connectivity index (χ1v) is 11.3. The summed E-state index contributed by atoms with van der Waals surface area (Å²) in [4.78, 5) is 39.0. The molecule has 1 saturated heterocycles. The maximum absolute atomic E-state index is 13.2. The van der Waals surface area contributed by atoms with E-state index in [1.54, 1.807) is 18.2 Å². The molecule has 0 aliphatic carbocycles. The zero-order valence-corrected chi connectivity index (χ0v) is 20.9. The number of rotatable bonds is 5. The minimum absolute atomic E-state index is 0.198. The van der Waals surface area contributed by atoms with Crippen LogP contribution in [0.3, 0.4) is 0 Å². The van der Waals surface area contributed by atoms with E-state index in [1.165, 1.54) is 12.1 Å². The molecule has 1 fully saturated rings. The molecule has 2 aromatic carbocycles. The van der Waals surface area contributed by atoms with Crippen molar-refractivity contribution in [3.8, 4) is 5.75 Å². The molecule has 2 aromatic rings. The Morgan fingerprint density at radius 3 is 2.52 bits per heavy atom. The average molecular weight is 571 g/mol. The van der Waals surface area contributed by atoms with Gasteiger partial charge in [-0.25, -0.2) is 9.69 Å². The predicted molar refractivity (Wildman–Crippen MR) is 127 cm³/mol. The number of barbiturate groups is 1. The number of urea groups is 1. The van der Waals surface area contributed by atoms with Crippen LogP contribution < -0.4 is 15.0 Å². The molecule has 0 spiro atoms. The molecular weight excluding hydrogens is 552 g/mol. The van der Waals surface area contributed by atoms with Crippen LogP contribution in [0, 0.1) is 12.8 Å². The van der Waals surface area contributed by atoms with Gasteiger partial charge in [0.1, 0.15) is 11.3 Å². The molecular formula is C22H19Br2ClN2O4. The fraction of sp³-hybridized carbons (Fsp3) is 0.227. The first kappa shape index (κ1) is 23.5. The molecule has 0 bridgehead atoms. The summed E-state index contributed by atoms with van der Waals surface area (Å²) in [5.74, 6) is -0.767. The number of carbonyl (C=O) groups is 3. The molecule has 0 saturated carbocycles. The van der Waals surface area contributed by atoms with Gasteiger partial charge in [0, 0.05) is 15.1 Å². The first-order valence-electron chi connectivity index (χ1n) is 9.38. The molecule has 31 heavy (non-hydrogen) atoms. The van der Waals surface area contributed by atoms with Gasteiger partial charge in [0.15, 0.2) is 0 Å². The van der Waals surface area contributed by atoms with Crippen molar-refractivity contribution in [2.45, 2.75) is 20.8 Å². The smallest absolute Gasteiger partial charge is 0.335 e. The number of amides is 4. The van der Waals surface area contributed by atoms with E-state index in [1.807, 2.05) is 26.8 Å². The lowest BCUT2D eigenvalue weighted by molar-refractivity contribution is -0.122. The summed E-state index contributed by atoms with van der Waals surface area (Å²) >= 11 is 13.0. The minimum atomic E-state index is -0.834. The Morgan fingerprint density at radius 1 is 1.16 bits per heavy atom. The second kappa shape index (κ2) is 9.54. The van der Waals surface area contributed by atoms with E-state index in [-0.39, 0.29) is 17.2 Å². The van der Waals surface area contributed by atoms with E-state index in [9.17, 15) is 14.4 Å². The molecule has 4 amide bonds. The monoisotopic (exact) mass is 568 g/mol. The highest BCUT2D eigenvalue weighted by molar-refractivity contribution is 9.11. The highest BCUT2D eigenvalue weighted by Gasteiger charge is 2.37. The topological polar surface area (TPSA) is 75.7 Å². The van der Waals surface area contributed by atoms with Crippen LogP contribution in [0.4, 0.5) is 10.5 Å². The minimum Gasteiger partial charge on any atom is -0.492 e. The molecule has 9 heteroatoms. The quantitative estimate of drug-likeness (QED) is 0.360. The van der Waals surface area contributed by atoms with Gasteiger partial charge in [-0.05, 0) is 64.7 Å². The fourth-order valence-corrected chi connectivity index (χ4v) is 4.41. The van der Waals surface area contributed by atoms with Crippen LogP contribution in [0.5, 0.6) is 5.75 Å². The van der Waals surface area contributed by atoms with Gasteiger partial charge < -0.3 is 4.74 Å². The Hall–Kier alpha value is -2.16. The molecule has 0 radical (unpaired) electrons. The highest BCUT2D eigenvalue weighted by atomic mass is 79.9. The molecule has 0 unspecified atom stereocenters. The number of hydrogen-bond acceptors (Lipinski definition) is 4. The summed E-state index contributed by atoms with van der Waals surface area (Å²) in [6.07, 6.45) is 1.41. The van der Waals surface area contributed by atoms with Crippen LogP contribution >= 0.6 is 43.5 Å². The third kappa shape index (κ3) is 5.19. The third-order valence-electron chi connectivity index (χ3n) is 4.41. The second-order valence-corrected chi connectivity index (χ2v) is 9.58. The molecule has 6 nitrogen and oxygen atoms in total. The fourth-order valence-electron chi connectivity index (χ4n) is 2.86. The van der Waals surface area contributed by atoms with Crippen molar-refractivity contribution < 1.29 is 19.1 Å². The number of hydrogen-bond donors (Lipinski definition) is 1. The number of aryl methyl sites for hydroxylation is 1. The zero-order chi connectivity index (χ0) is 22.9. The van der Waals surface area contributed by atoms with E-state index in [4.69, 9.17) is 16.3 Å². The van der Waals surface area contributed by atoms with Crippen molar-refractivity contribution in [1.82, 2.24) is 5.32 Å². The molecule has 0 aromatic heterocycles. The van der Waals surface area contributed by atoms with Crippen molar-refractivity contribution >= 4 is 73.1 Å². The summed E-state index contributed by atoms with van der Waals surface area (Å²) in [6, 6.07) is 7.51. The van der Waals surface area contributed by atoms with Crippen molar-refractivity contribution in [2.75, 3.05) is 11.5 Å². The van der Waals surface area contributed by atoms with Crippen LogP contribution in [-0.2, 0) is 9.59 Å². The molecule has 1 aliphatic rings. The number of nitrogens with one attached hydrogen (secondary N) is 1. The Kier molecular flexibility index (Phi) is 7.24. The summed E-state index contributed by atoms with van der Waals surface area (Å²) in [5, 5.41) is 2.62. The predicted octanol–water partition coefficient (Wildman–Crippen LogP) is 5.87. The standard InChI is InChI=1S/C22H19Br2ClN2O4/c1-11(2)10-31-19-13(6-14(23)8-17(19)24)7-16-20(28)26-22(30)27(21(16)29)15-5-4-12(3)18(25)9-15/h4-9,11H,10H2,1-3H3,(H,26,28,30)/b16-7+. The van der Waals surface area contributed by atoms with Gasteiger partial charge in [-0.1, -0.05) is 47.4 Å². The van der Waals surface area contributed by atoms with Gasteiger partial charge in [0.2, 0.25) is 0 Å². The molecule has 1 aliphatic heterocycles. The van der Waals surface area contributed by atoms with Crippen LogP contribution in [0.15, 0.2) is 44.9 Å². The van der Waals surface area contributed by atoms with Crippen LogP contribution in [0.1, 0.15) is 25.0 Å². The number of halogens is 3. The van der Waals surface area contributed by atoms with E-state index >= 15 is 0 Å². The maximum Gasteiger partial charge on any atom is 0.335 e. The van der Waals surface area contributed by atoms with E-state index in [0.29, 0.717) is 27.4 Å². The van der Waals surface area contributed by atoms with Gasteiger partial charge in [0.25, 0.3) is 11.8 Å². The Morgan fingerprint density at radius 2 is 1.87 bits per heavy atom. The molecule has 0 atom stereocenters. The lowest BCUT2D eigenvalue weighted by Gasteiger charge is -2.27. The number of nitrogens with zero attached hydrogens (tertiary/aromatic N) is 1. The zero-order valence-electron chi connectivity index (χ0n) is 17.0. The second-order valence-electron chi connectivity index (χ2n) is 7.40. The van der Waals surface area contributed by atoms with Crippen LogP contribution in [0.25, 0.3) is 6.08 Å². The lowest BCUT2D eigenvalue weighted by atomic mass is 10.1. The van der Waals surface area contributed by atoms with Crippen molar-refractivity contribution in [1.29, 1.82) is 0 Å². The lowest BCUT2D eigenvalue weighted by Crippen LogP contribution is -2.54. The summed E-state index contributed by atoms with van der Waals surface area (Å²) < 4.78 is 7.29. The number of ether oxygens (including phenoxy) is 1.